The maximum absolute atomic E-state index is 13.4. The highest BCUT2D eigenvalue weighted by molar-refractivity contribution is 5.92. The summed E-state index contributed by atoms with van der Waals surface area (Å²) in [5.41, 5.74) is 3.02. The van der Waals surface area contributed by atoms with Gasteiger partial charge >= 0.3 is 0 Å². The average Bonchev–Trinajstić information content (AvgIpc) is 2.52. The SMILES string of the molecule is Cc1ccc(NC(=O)CN(C)CCOc2ccccc2F)c(C)c1. The molecular formula is C19H23FN2O2. The second-order valence-electron chi connectivity index (χ2n) is 5.88. The number of anilines is 1. The molecule has 0 spiro atoms. The van der Waals surface area contributed by atoms with Crippen LogP contribution in [0.5, 0.6) is 5.75 Å². The third-order valence-electron chi connectivity index (χ3n) is 3.64. The van der Waals surface area contributed by atoms with Crippen LogP contribution in [0.3, 0.4) is 0 Å². The second-order valence-corrected chi connectivity index (χ2v) is 5.88. The van der Waals surface area contributed by atoms with Gasteiger partial charge in [-0.3, -0.25) is 9.69 Å². The summed E-state index contributed by atoms with van der Waals surface area (Å²) in [4.78, 5) is 13.9. The van der Waals surface area contributed by atoms with Crippen molar-refractivity contribution in [1.29, 1.82) is 0 Å². The molecule has 1 amide bonds. The molecule has 0 aliphatic heterocycles. The zero-order chi connectivity index (χ0) is 17.5. The van der Waals surface area contributed by atoms with Crippen LogP contribution < -0.4 is 10.1 Å². The minimum absolute atomic E-state index is 0.0876. The molecule has 4 nitrogen and oxygen atoms in total. The van der Waals surface area contributed by atoms with Gasteiger partial charge in [-0.25, -0.2) is 4.39 Å². The van der Waals surface area contributed by atoms with Crippen molar-refractivity contribution in [2.45, 2.75) is 13.8 Å². The van der Waals surface area contributed by atoms with Crippen molar-refractivity contribution in [3.05, 3.63) is 59.4 Å². The quantitative estimate of drug-likeness (QED) is 0.846. The van der Waals surface area contributed by atoms with E-state index >= 15 is 0 Å². The molecule has 0 bridgehead atoms. The van der Waals surface area contributed by atoms with Crippen LogP contribution in [0, 0.1) is 19.7 Å². The molecule has 0 aromatic heterocycles. The van der Waals surface area contributed by atoms with Gasteiger partial charge in [-0.2, -0.15) is 0 Å². The summed E-state index contributed by atoms with van der Waals surface area (Å²) in [7, 11) is 1.83. The molecule has 5 heteroatoms. The van der Waals surface area contributed by atoms with E-state index in [2.05, 4.69) is 5.32 Å². The van der Waals surface area contributed by atoms with Gasteiger partial charge in [0.15, 0.2) is 11.6 Å². The molecule has 0 aliphatic carbocycles. The van der Waals surface area contributed by atoms with Gasteiger partial charge in [-0.15, -0.1) is 0 Å². The van der Waals surface area contributed by atoms with Gasteiger partial charge < -0.3 is 10.1 Å². The number of nitrogens with zero attached hydrogens (tertiary/aromatic N) is 1. The van der Waals surface area contributed by atoms with Gasteiger partial charge in [0.2, 0.25) is 5.91 Å². The molecule has 128 valence electrons. The maximum Gasteiger partial charge on any atom is 0.238 e. The van der Waals surface area contributed by atoms with Crippen molar-refractivity contribution in [2.75, 3.05) is 32.1 Å². The molecule has 0 radical (unpaired) electrons. The molecule has 0 unspecified atom stereocenters. The van der Waals surface area contributed by atoms with Crippen LogP contribution in [0.4, 0.5) is 10.1 Å². The van der Waals surface area contributed by atoms with Gasteiger partial charge in [0, 0.05) is 12.2 Å². The zero-order valence-electron chi connectivity index (χ0n) is 14.3. The fraction of sp³-hybridized carbons (Fsp3) is 0.316. The Kier molecular flexibility index (Phi) is 6.32. The van der Waals surface area contributed by atoms with Crippen LogP contribution in [0.25, 0.3) is 0 Å². The molecule has 0 saturated heterocycles. The van der Waals surface area contributed by atoms with E-state index in [1.54, 1.807) is 18.2 Å². The Hall–Kier alpha value is -2.40. The number of nitrogens with one attached hydrogen (secondary N) is 1. The van der Waals surface area contributed by atoms with E-state index < -0.39 is 0 Å². The summed E-state index contributed by atoms with van der Waals surface area (Å²) >= 11 is 0. The molecular weight excluding hydrogens is 307 g/mol. The van der Waals surface area contributed by atoms with Crippen molar-refractivity contribution in [1.82, 2.24) is 4.90 Å². The van der Waals surface area contributed by atoms with Crippen molar-refractivity contribution in [3.8, 4) is 5.75 Å². The smallest absolute Gasteiger partial charge is 0.238 e. The summed E-state index contributed by atoms with van der Waals surface area (Å²) in [5, 5.41) is 2.90. The largest absolute Gasteiger partial charge is 0.489 e. The summed E-state index contributed by atoms with van der Waals surface area (Å²) in [6.07, 6.45) is 0. The maximum atomic E-state index is 13.4. The highest BCUT2D eigenvalue weighted by atomic mass is 19.1. The van der Waals surface area contributed by atoms with Gasteiger partial charge in [-0.1, -0.05) is 29.8 Å². The van der Waals surface area contributed by atoms with Gasteiger partial charge in [0.25, 0.3) is 0 Å². The number of carbonyl (C=O) groups is 1. The summed E-state index contributed by atoms with van der Waals surface area (Å²) < 4.78 is 18.8. The van der Waals surface area contributed by atoms with Crippen molar-refractivity contribution < 1.29 is 13.9 Å². The van der Waals surface area contributed by atoms with Crippen molar-refractivity contribution in [2.24, 2.45) is 0 Å². The van der Waals surface area contributed by atoms with Crippen LogP contribution >= 0.6 is 0 Å². The van der Waals surface area contributed by atoms with Crippen LogP contribution in [0.1, 0.15) is 11.1 Å². The predicted octanol–water partition coefficient (Wildman–Crippen LogP) is 3.39. The summed E-state index contributed by atoms with van der Waals surface area (Å²) in [6.45, 7) is 5.06. The van der Waals surface area contributed by atoms with Crippen LogP contribution in [0.15, 0.2) is 42.5 Å². The fourth-order valence-electron chi connectivity index (χ4n) is 2.34. The topological polar surface area (TPSA) is 41.6 Å². The van der Waals surface area contributed by atoms with E-state index in [1.807, 2.05) is 44.0 Å². The molecule has 0 saturated carbocycles. The third-order valence-corrected chi connectivity index (χ3v) is 3.64. The predicted molar refractivity (Wildman–Crippen MR) is 93.9 cm³/mol. The van der Waals surface area contributed by atoms with Gasteiger partial charge in [-0.05, 0) is 44.7 Å². The Morgan fingerprint density at radius 1 is 1.21 bits per heavy atom. The standard InChI is InChI=1S/C19H23FN2O2/c1-14-8-9-17(15(2)12-14)21-19(23)13-22(3)10-11-24-18-7-5-4-6-16(18)20/h4-9,12H,10-11,13H2,1-3H3,(H,21,23). The molecule has 2 rings (SSSR count). The molecule has 24 heavy (non-hydrogen) atoms. The number of carbonyl (C=O) groups excluding carboxylic acids is 1. The number of ether oxygens (including phenoxy) is 1. The third kappa shape index (κ3) is 5.35. The molecule has 2 aromatic rings. The number of para-hydroxylation sites is 1. The number of aryl methyl sites for hydroxylation is 2. The minimum atomic E-state index is -0.382. The van der Waals surface area contributed by atoms with Gasteiger partial charge in [0.05, 0.1) is 6.54 Å². The Morgan fingerprint density at radius 2 is 1.96 bits per heavy atom. The number of amides is 1. The van der Waals surface area contributed by atoms with E-state index in [-0.39, 0.29) is 24.0 Å². The lowest BCUT2D eigenvalue weighted by Crippen LogP contribution is -2.33. The number of rotatable bonds is 7. The normalized spacial score (nSPS) is 10.7. The minimum Gasteiger partial charge on any atom is -0.489 e. The van der Waals surface area contributed by atoms with E-state index in [1.165, 1.54) is 6.07 Å². The summed E-state index contributed by atoms with van der Waals surface area (Å²) in [6, 6.07) is 12.2. The molecule has 0 aliphatic rings. The Bertz CT molecular complexity index is 704. The van der Waals surface area contributed by atoms with E-state index in [0.717, 1.165) is 16.8 Å². The Balaban J connectivity index is 1.76. The van der Waals surface area contributed by atoms with Crippen LogP contribution in [0.2, 0.25) is 0 Å². The summed E-state index contributed by atoms with van der Waals surface area (Å²) in [5.74, 6) is -0.242. The molecule has 0 atom stereocenters. The molecule has 2 aromatic carbocycles. The number of likely N-dealkylation sites (N-methyl/N-ethyl adjacent to an activating group) is 1. The Morgan fingerprint density at radius 3 is 2.67 bits per heavy atom. The lowest BCUT2D eigenvalue weighted by molar-refractivity contribution is -0.117. The lowest BCUT2D eigenvalue weighted by Gasteiger charge is -2.17. The fourth-order valence-corrected chi connectivity index (χ4v) is 2.34. The first-order valence-corrected chi connectivity index (χ1v) is 7.88. The number of hydrogen-bond donors (Lipinski definition) is 1. The van der Waals surface area contributed by atoms with E-state index in [0.29, 0.717) is 13.2 Å². The van der Waals surface area contributed by atoms with E-state index in [9.17, 15) is 9.18 Å². The molecule has 0 fully saturated rings. The average molecular weight is 330 g/mol. The lowest BCUT2D eigenvalue weighted by atomic mass is 10.1. The molecule has 0 heterocycles. The first-order valence-electron chi connectivity index (χ1n) is 7.88. The second kappa shape index (κ2) is 8.45. The zero-order valence-corrected chi connectivity index (χ0v) is 14.3. The van der Waals surface area contributed by atoms with Crippen molar-refractivity contribution in [3.63, 3.8) is 0 Å². The first-order chi connectivity index (χ1) is 11.5. The van der Waals surface area contributed by atoms with Gasteiger partial charge in [0.1, 0.15) is 6.61 Å². The monoisotopic (exact) mass is 330 g/mol. The Labute approximate surface area is 142 Å². The number of hydrogen-bond acceptors (Lipinski definition) is 3. The first kappa shape index (κ1) is 17.9. The molecule has 1 N–H and O–H groups in total. The van der Waals surface area contributed by atoms with Crippen LogP contribution in [-0.2, 0) is 4.79 Å². The highest BCUT2D eigenvalue weighted by Gasteiger charge is 2.09. The van der Waals surface area contributed by atoms with Crippen LogP contribution in [-0.4, -0.2) is 37.6 Å². The highest BCUT2D eigenvalue weighted by Crippen LogP contribution is 2.16. The van der Waals surface area contributed by atoms with Crippen molar-refractivity contribution >= 4 is 11.6 Å². The number of halogens is 1. The van der Waals surface area contributed by atoms with E-state index in [4.69, 9.17) is 4.74 Å². The number of benzene rings is 2.